The topological polar surface area (TPSA) is 53.9 Å². The molecular formula is C14H20N4OS2. The Kier molecular flexibility index (Phi) is 5.30. The van der Waals surface area contributed by atoms with Gasteiger partial charge in [-0.05, 0) is 37.0 Å². The summed E-state index contributed by atoms with van der Waals surface area (Å²) in [5.74, 6) is 0.874. The molecule has 2 rings (SSSR count). The number of nitrogens with zero attached hydrogens (tertiary/aromatic N) is 3. The fourth-order valence-corrected chi connectivity index (χ4v) is 3.15. The van der Waals surface area contributed by atoms with Crippen molar-refractivity contribution in [1.29, 1.82) is 0 Å². The predicted octanol–water partition coefficient (Wildman–Crippen LogP) is 3.17. The third-order valence-electron chi connectivity index (χ3n) is 3.53. The van der Waals surface area contributed by atoms with Crippen LogP contribution >= 0.6 is 23.6 Å². The van der Waals surface area contributed by atoms with Crippen molar-refractivity contribution in [2.45, 2.75) is 39.3 Å². The number of H-pyrrole nitrogens is 1. The highest BCUT2D eigenvalue weighted by molar-refractivity contribution is 7.71. The zero-order valence-corrected chi connectivity index (χ0v) is 14.1. The summed E-state index contributed by atoms with van der Waals surface area (Å²) in [6, 6.07) is 4.11. The van der Waals surface area contributed by atoms with E-state index in [4.69, 9.17) is 12.2 Å². The van der Waals surface area contributed by atoms with Gasteiger partial charge in [-0.25, -0.2) is 0 Å². The molecule has 1 atom stereocenters. The molecule has 2 aromatic rings. The van der Waals surface area contributed by atoms with Crippen LogP contribution in [-0.4, -0.2) is 32.6 Å². The number of carbonyl (C=O) groups excluding carboxylic acids is 1. The molecule has 21 heavy (non-hydrogen) atoms. The number of amides is 1. The van der Waals surface area contributed by atoms with E-state index in [9.17, 15) is 4.79 Å². The lowest BCUT2D eigenvalue weighted by molar-refractivity contribution is -0.132. The first-order valence-corrected chi connectivity index (χ1v) is 8.26. The maximum absolute atomic E-state index is 12.5. The number of hydrogen-bond acceptors (Lipinski definition) is 4. The van der Waals surface area contributed by atoms with E-state index in [0.717, 1.165) is 18.7 Å². The van der Waals surface area contributed by atoms with Crippen molar-refractivity contribution < 1.29 is 4.79 Å². The number of aryl methyl sites for hydroxylation is 1. The zero-order valence-electron chi connectivity index (χ0n) is 12.5. The quantitative estimate of drug-likeness (QED) is 0.830. The molecule has 0 radical (unpaired) electrons. The van der Waals surface area contributed by atoms with Crippen molar-refractivity contribution in [2.24, 2.45) is 0 Å². The van der Waals surface area contributed by atoms with Crippen LogP contribution in [-0.2, 0) is 17.8 Å². The van der Waals surface area contributed by atoms with Crippen LogP contribution in [0.2, 0.25) is 0 Å². The molecule has 2 aromatic heterocycles. The Morgan fingerprint density at radius 2 is 2.38 bits per heavy atom. The Morgan fingerprint density at radius 1 is 1.62 bits per heavy atom. The van der Waals surface area contributed by atoms with Gasteiger partial charge < -0.3 is 4.90 Å². The van der Waals surface area contributed by atoms with Gasteiger partial charge in [-0.15, -0.1) is 11.3 Å². The van der Waals surface area contributed by atoms with E-state index in [2.05, 4.69) is 17.1 Å². The van der Waals surface area contributed by atoms with E-state index in [1.54, 1.807) is 20.8 Å². The van der Waals surface area contributed by atoms with Gasteiger partial charge in [0.1, 0.15) is 12.4 Å². The van der Waals surface area contributed by atoms with Crippen molar-refractivity contribution in [1.82, 2.24) is 19.7 Å². The minimum Gasteiger partial charge on any atom is -0.337 e. The second kappa shape index (κ2) is 7.00. The molecule has 5 nitrogen and oxygen atoms in total. The van der Waals surface area contributed by atoms with Gasteiger partial charge in [-0.3, -0.25) is 14.5 Å². The van der Waals surface area contributed by atoms with Gasteiger partial charge in [-0.2, -0.15) is 5.10 Å². The highest BCUT2D eigenvalue weighted by Crippen LogP contribution is 2.23. The number of thiophene rings is 1. The van der Waals surface area contributed by atoms with Crippen LogP contribution in [0.3, 0.4) is 0 Å². The van der Waals surface area contributed by atoms with Crippen LogP contribution in [0.5, 0.6) is 0 Å². The highest BCUT2D eigenvalue weighted by Gasteiger charge is 2.19. The van der Waals surface area contributed by atoms with Gasteiger partial charge in [0.15, 0.2) is 4.77 Å². The average molecular weight is 324 g/mol. The van der Waals surface area contributed by atoms with Gasteiger partial charge >= 0.3 is 0 Å². The molecule has 0 fully saturated rings. The number of aromatic amines is 1. The second-order valence-corrected chi connectivity index (χ2v) is 6.34. The monoisotopic (exact) mass is 324 g/mol. The van der Waals surface area contributed by atoms with Gasteiger partial charge in [0, 0.05) is 18.3 Å². The number of rotatable bonds is 6. The van der Waals surface area contributed by atoms with E-state index >= 15 is 0 Å². The molecule has 0 aliphatic rings. The van der Waals surface area contributed by atoms with Crippen molar-refractivity contribution in [3.63, 3.8) is 0 Å². The molecule has 1 N–H and O–H groups in total. The summed E-state index contributed by atoms with van der Waals surface area (Å²) in [7, 11) is 1.83. The molecule has 0 spiro atoms. The lowest BCUT2D eigenvalue weighted by atomic mass is 10.2. The first-order valence-electron chi connectivity index (χ1n) is 6.97. The second-order valence-electron chi connectivity index (χ2n) is 4.98. The number of carbonyl (C=O) groups is 1. The van der Waals surface area contributed by atoms with Crippen molar-refractivity contribution in [3.05, 3.63) is 33.0 Å². The Bertz CT molecular complexity index is 644. The molecule has 114 valence electrons. The summed E-state index contributed by atoms with van der Waals surface area (Å²) in [6.07, 6.45) is 1.78. The Morgan fingerprint density at radius 3 is 3.00 bits per heavy atom. The fraction of sp³-hybridized carbons (Fsp3) is 0.500. The van der Waals surface area contributed by atoms with Crippen LogP contribution in [0.1, 0.15) is 37.0 Å². The van der Waals surface area contributed by atoms with E-state index in [0.29, 0.717) is 4.77 Å². The predicted molar refractivity (Wildman–Crippen MR) is 86.9 cm³/mol. The van der Waals surface area contributed by atoms with Crippen molar-refractivity contribution in [3.8, 4) is 0 Å². The smallest absolute Gasteiger partial charge is 0.242 e. The molecule has 0 unspecified atom stereocenters. The van der Waals surface area contributed by atoms with E-state index in [1.807, 2.05) is 31.5 Å². The fourth-order valence-electron chi connectivity index (χ4n) is 2.11. The molecule has 1 amide bonds. The largest absolute Gasteiger partial charge is 0.337 e. The molecule has 0 saturated carbocycles. The summed E-state index contributed by atoms with van der Waals surface area (Å²) in [5, 5.41) is 8.98. The molecule has 0 saturated heterocycles. The van der Waals surface area contributed by atoms with Crippen LogP contribution in [0.4, 0.5) is 0 Å². The number of aromatic nitrogens is 3. The lowest BCUT2D eigenvalue weighted by Gasteiger charge is -2.24. The Labute approximate surface area is 133 Å². The van der Waals surface area contributed by atoms with Crippen LogP contribution in [0.15, 0.2) is 17.5 Å². The highest BCUT2D eigenvalue weighted by atomic mass is 32.1. The summed E-state index contributed by atoms with van der Waals surface area (Å²) >= 11 is 6.87. The third kappa shape index (κ3) is 3.59. The maximum Gasteiger partial charge on any atom is 0.242 e. The number of nitrogens with one attached hydrogen (secondary N) is 1. The summed E-state index contributed by atoms with van der Waals surface area (Å²) < 4.78 is 2.29. The lowest BCUT2D eigenvalue weighted by Crippen LogP contribution is -2.32. The van der Waals surface area contributed by atoms with Gasteiger partial charge in [0.2, 0.25) is 5.91 Å². The first-order chi connectivity index (χ1) is 10.0. The summed E-state index contributed by atoms with van der Waals surface area (Å²) in [6.45, 7) is 4.34. The molecule has 7 heteroatoms. The van der Waals surface area contributed by atoms with Gasteiger partial charge in [-0.1, -0.05) is 13.0 Å². The SMILES string of the molecule is CCCc1n[nH]c(=S)n1CC(=O)N(C)[C@H](C)c1cccs1. The van der Waals surface area contributed by atoms with E-state index in [1.165, 1.54) is 4.88 Å². The standard InChI is InChI=1S/C14H20N4OS2/c1-4-6-12-15-16-14(20)18(12)9-13(19)17(3)10(2)11-7-5-8-21-11/h5,7-8,10H,4,6,9H2,1-3H3,(H,16,20)/t10-/m1/s1. The van der Waals surface area contributed by atoms with Gasteiger partial charge in [0.25, 0.3) is 0 Å². The van der Waals surface area contributed by atoms with Crippen LogP contribution in [0, 0.1) is 4.77 Å². The van der Waals surface area contributed by atoms with Crippen LogP contribution < -0.4 is 0 Å². The molecule has 2 heterocycles. The van der Waals surface area contributed by atoms with Gasteiger partial charge in [0.05, 0.1) is 6.04 Å². The van der Waals surface area contributed by atoms with Crippen molar-refractivity contribution >= 4 is 29.5 Å². The minimum atomic E-state index is 0.0331. The molecule has 0 bridgehead atoms. The maximum atomic E-state index is 12.5. The summed E-state index contributed by atoms with van der Waals surface area (Å²) in [4.78, 5) is 15.4. The van der Waals surface area contributed by atoms with E-state index < -0.39 is 0 Å². The normalized spacial score (nSPS) is 12.3. The molecule has 0 aliphatic heterocycles. The first kappa shape index (κ1) is 15.9. The number of hydrogen-bond donors (Lipinski definition) is 1. The number of likely N-dealkylation sites (N-methyl/N-ethyl adjacent to an activating group) is 1. The molecule has 0 aliphatic carbocycles. The van der Waals surface area contributed by atoms with Crippen molar-refractivity contribution in [2.75, 3.05) is 7.05 Å². The Balaban J connectivity index is 2.11. The average Bonchev–Trinajstić information content (AvgIpc) is 3.11. The molecule has 0 aromatic carbocycles. The third-order valence-corrected chi connectivity index (χ3v) is 4.89. The zero-order chi connectivity index (χ0) is 15.4. The Hall–Kier alpha value is -1.47. The molecular weight excluding hydrogens is 304 g/mol. The minimum absolute atomic E-state index is 0.0331. The van der Waals surface area contributed by atoms with Crippen LogP contribution in [0.25, 0.3) is 0 Å². The summed E-state index contributed by atoms with van der Waals surface area (Å²) in [5.41, 5.74) is 0. The van der Waals surface area contributed by atoms with E-state index in [-0.39, 0.29) is 18.5 Å².